The van der Waals surface area contributed by atoms with Gasteiger partial charge in [-0.1, -0.05) is 50.6 Å². The molecule has 0 aromatic heterocycles. The normalized spacial score (nSPS) is 18.4. The van der Waals surface area contributed by atoms with Crippen LogP contribution in [0.2, 0.25) is 5.02 Å². The fourth-order valence-corrected chi connectivity index (χ4v) is 2.86. The summed E-state index contributed by atoms with van der Waals surface area (Å²) in [5.74, 6) is 0.137. The zero-order valence-corrected chi connectivity index (χ0v) is 13.8. The summed E-state index contributed by atoms with van der Waals surface area (Å²) in [4.78, 5) is 0. The van der Waals surface area contributed by atoms with Gasteiger partial charge in [0.2, 0.25) is 6.10 Å². The minimum atomic E-state index is -4.58. The van der Waals surface area contributed by atoms with Gasteiger partial charge < -0.3 is 4.74 Å². The minimum absolute atomic E-state index is 0.137. The third-order valence-corrected chi connectivity index (χ3v) is 3.89. The molecule has 0 radical (unpaired) electrons. The first-order chi connectivity index (χ1) is 9.91. The second-order valence-corrected chi connectivity index (χ2v) is 7.03. The van der Waals surface area contributed by atoms with Gasteiger partial charge in [-0.05, 0) is 29.2 Å². The fourth-order valence-electron chi connectivity index (χ4n) is 2.26. The zero-order valence-electron chi connectivity index (χ0n) is 12.3. The van der Waals surface area contributed by atoms with Gasteiger partial charge in [0.25, 0.3) is 0 Å². The highest BCUT2D eigenvalue weighted by atomic mass is 35.5. The molecule has 120 valence electrons. The fraction of sp³-hybridized carbons (Fsp3) is 0.375. The topological polar surface area (TPSA) is 9.23 Å². The SMILES string of the molecule is C=C(Cl)C1=Cc2cc(Cl)c(C(C)(C)C)cc2OC1C(F)(F)F. The van der Waals surface area contributed by atoms with E-state index in [4.69, 9.17) is 27.9 Å². The van der Waals surface area contributed by atoms with Crippen LogP contribution < -0.4 is 4.74 Å². The van der Waals surface area contributed by atoms with Crippen LogP contribution in [0.5, 0.6) is 5.75 Å². The van der Waals surface area contributed by atoms with Crippen LogP contribution in [0.1, 0.15) is 31.9 Å². The number of hydrogen-bond acceptors (Lipinski definition) is 1. The Hall–Kier alpha value is -1.13. The smallest absolute Gasteiger partial charge is 0.429 e. The van der Waals surface area contributed by atoms with Crippen molar-refractivity contribution in [2.75, 3.05) is 0 Å². The maximum Gasteiger partial charge on any atom is 0.429 e. The predicted octanol–water partition coefficient (Wildman–Crippen LogP) is 6.10. The molecule has 0 N–H and O–H groups in total. The summed E-state index contributed by atoms with van der Waals surface area (Å²) in [5.41, 5.74) is 0.649. The van der Waals surface area contributed by atoms with Crippen molar-refractivity contribution >= 4 is 29.3 Å². The standard InChI is InChI=1S/C16H15Cl2F3O/c1-8(17)10-5-9-6-12(18)11(15(2,3)4)7-13(9)22-14(10)16(19,20)21/h5-7,14H,1H2,2-4H3. The Balaban J connectivity index is 2.61. The quantitative estimate of drug-likeness (QED) is 0.594. The molecule has 2 rings (SSSR count). The lowest BCUT2D eigenvalue weighted by molar-refractivity contribution is -0.182. The van der Waals surface area contributed by atoms with E-state index in [1.165, 1.54) is 6.08 Å². The van der Waals surface area contributed by atoms with Gasteiger partial charge in [0.1, 0.15) is 5.75 Å². The average Bonchev–Trinajstić information content (AvgIpc) is 2.33. The van der Waals surface area contributed by atoms with Gasteiger partial charge in [-0.15, -0.1) is 0 Å². The molecule has 0 saturated carbocycles. The second-order valence-electron chi connectivity index (χ2n) is 6.16. The number of ether oxygens (including phenoxy) is 1. The molecule has 1 atom stereocenters. The molecular weight excluding hydrogens is 336 g/mol. The minimum Gasteiger partial charge on any atom is -0.475 e. The van der Waals surface area contributed by atoms with Crippen LogP contribution in [0.3, 0.4) is 0 Å². The lowest BCUT2D eigenvalue weighted by Gasteiger charge is -2.30. The van der Waals surface area contributed by atoms with Crippen molar-refractivity contribution in [3.63, 3.8) is 0 Å². The number of rotatable bonds is 1. The van der Waals surface area contributed by atoms with E-state index in [2.05, 4.69) is 6.58 Å². The molecule has 1 aromatic carbocycles. The van der Waals surface area contributed by atoms with Gasteiger partial charge in [0, 0.05) is 21.2 Å². The largest absolute Gasteiger partial charge is 0.475 e. The number of halogens is 5. The molecule has 1 unspecified atom stereocenters. The molecule has 0 spiro atoms. The molecule has 22 heavy (non-hydrogen) atoms. The molecule has 1 nitrogen and oxygen atoms in total. The van der Waals surface area contributed by atoms with Crippen molar-refractivity contribution in [2.45, 2.75) is 38.5 Å². The van der Waals surface area contributed by atoms with Crippen LogP contribution in [0.25, 0.3) is 6.08 Å². The average molecular weight is 351 g/mol. The van der Waals surface area contributed by atoms with Crippen molar-refractivity contribution in [2.24, 2.45) is 0 Å². The van der Waals surface area contributed by atoms with Crippen LogP contribution in [0, 0.1) is 0 Å². The van der Waals surface area contributed by atoms with Gasteiger partial charge in [0.05, 0.1) is 0 Å². The maximum absolute atomic E-state index is 13.2. The van der Waals surface area contributed by atoms with Crippen molar-refractivity contribution in [1.29, 1.82) is 0 Å². The Labute approximate surface area is 137 Å². The first-order valence-electron chi connectivity index (χ1n) is 6.55. The monoisotopic (exact) mass is 350 g/mol. The van der Waals surface area contributed by atoms with Crippen LogP contribution in [0.15, 0.2) is 29.3 Å². The van der Waals surface area contributed by atoms with Gasteiger partial charge in [-0.2, -0.15) is 13.2 Å². The number of hydrogen-bond donors (Lipinski definition) is 0. The van der Waals surface area contributed by atoms with Crippen molar-refractivity contribution in [1.82, 2.24) is 0 Å². The van der Waals surface area contributed by atoms with E-state index in [1.54, 1.807) is 12.1 Å². The highest BCUT2D eigenvalue weighted by Crippen LogP contribution is 2.43. The van der Waals surface area contributed by atoms with E-state index < -0.39 is 12.3 Å². The summed E-state index contributed by atoms with van der Waals surface area (Å²) in [6, 6.07) is 3.14. The van der Waals surface area contributed by atoms with E-state index in [-0.39, 0.29) is 21.8 Å². The molecule has 1 aliphatic heterocycles. The van der Waals surface area contributed by atoms with Crippen molar-refractivity contribution < 1.29 is 17.9 Å². The van der Waals surface area contributed by atoms with Crippen molar-refractivity contribution in [3.05, 3.63) is 45.5 Å². The first kappa shape index (κ1) is 17.2. The molecule has 0 saturated heterocycles. The summed E-state index contributed by atoms with van der Waals surface area (Å²) >= 11 is 11.9. The Morgan fingerprint density at radius 3 is 2.27 bits per heavy atom. The van der Waals surface area contributed by atoms with Gasteiger partial charge >= 0.3 is 6.18 Å². The van der Waals surface area contributed by atoms with Crippen LogP contribution >= 0.6 is 23.2 Å². The van der Waals surface area contributed by atoms with E-state index >= 15 is 0 Å². The lowest BCUT2D eigenvalue weighted by atomic mass is 9.85. The van der Waals surface area contributed by atoms with Gasteiger partial charge in [-0.3, -0.25) is 0 Å². The van der Waals surface area contributed by atoms with Crippen molar-refractivity contribution in [3.8, 4) is 5.75 Å². The third-order valence-electron chi connectivity index (χ3n) is 3.36. The Kier molecular flexibility index (Phi) is 4.31. The van der Waals surface area contributed by atoms with E-state index in [9.17, 15) is 13.2 Å². The molecule has 0 amide bonds. The molecular formula is C16H15Cl2F3O. The van der Waals surface area contributed by atoms with E-state index in [1.807, 2.05) is 20.8 Å². The second kappa shape index (κ2) is 5.50. The van der Waals surface area contributed by atoms with E-state index in [0.717, 1.165) is 5.56 Å². The highest BCUT2D eigenvalue weighted by molar-refractivity contribution is 6.32. The summed E-state index contributed by atoms with van der Waals surface area (Å²) in [5, 5.41) is 0.264. The zero-order chi connectivity index (χ0) is 16.9. The predicted molar refractivity (Wildman–Crippen MR) is 83.6 cm³/mol. The molecule has 1 heterocycles. The Morgan fingerprint density at radius 1 is 1.23 bits per heavy atom. The molecule has 0 fully saturated rings. The third kappa shape index (κ3) is 3.28. The number of alkyl halides is 3. The summed E-state index contributed by atoms with van der Waals surface area (Å²) in [6.07, 6.45) is -5.38. The summed E-state index contributed by atoms with van der Waals surface area (Å²) in [7, 11) is 0. The molecule has 1 aliphatic rings. The van der Waals surface area contributed by atoms with Gasteiger partial charge in [0.15, 0.2) is 0 Å². The van der Waals surface area contributed by atoms with Crippen LogP contribution in [-0.4, -0.2) is 12.3 Å². The number of fused-ring (bicyclic) bond motifs is 1. The van der Waals surface area contributed by atoms with Crippen LogP contribution in [0.4, 0.5) is 13.2 Å². The molecule has 1 aromatic rings. The molecule has 0 aliphatic carbocycles. The van der Waals surface area contributed by atoms with Gasteiger partial charge in [-0.25, -0.2) is 0 Å². The van der Waals surface area contributed by atoms with E-state index in [0.29, 0.717) is 10.6 Å². The Bertz CT molecular complexity index is 655. The lowest BCUT2D eigenvalue weighted by Crippen LogP contribution is -2.38. The number of benzene rings is 1. The maximum atomic E-state index is 13.2. The first-order valence-corrected chi connectivity index (χ1v) is 7.30. The molecule has 0 bridgehead atoms. The van der Waals surface area contributed by atoms with Crippen LogP contribution in [-0.2, 0) is 5.41 Å². The highest BCUT2D eigenvalue weighted by Gasteiger charge is 2.46. The summed E-state index contributed by atoms with van der Waals surface area (Å²) < 4.78 is 44.7. The molecule has 6 heteroatoms. The Morgan fingerprint density at radius 2 is 1.82 bits per heavy atom. The summed E-state index contributed by atoms with van der Waals surface area (Å²) in [6.45, 7) is 9.15.